The van der Waals surface area contributed by atoms with Gasteiger partial charge in [-0.3, -0.25) is 4.79 Å². The lowest BCUT2D eigenvalue weighted by Crippen LogP contribution is -2.13. The number of rotatable bonds is 6. The van der Waals surface area contributed by atoms with Gasteiger partial charge in [-0.25, -0.2) is 4.98 Å². The molecule has 1 aromatic carbocycles. The van der Waals surface area contributed by atoms with Gasteiger partial charge in [0.2, 0.25) is 5.91 Å². The number of anilines is 1. The average molecular weight is 348 g/mol. The van der Waals surface area contributed by atoms with E-state index in [-0.39, 0.29) is 11.7 Å². The number of nitrogens with zero attached hydrogens (tertiary/aromatic N) is 3. The van der Waals surface area contributed by atoms with E-state index in [1.807, 2.05) is 24.3 Å². The van der Waals surface area contributed by atoms with Crippen LogP contribution in [0.5, 0.6) is 5.75 Å². The second-order valence-corrected chi connectivity index (χ2v) is 6.07. The zero-order valence-electron chi connectivity index (χ0n) is 12.1. The Morgan fingerprint density at radius 1 is 1.39 bits per heavy atom. The van der Waals surface area contributed by atoms with E-state index >= 15 is 0 Å². The molecule has 0 atom stereocenters. The van der Waals surface area contributed by atoms with Gasteiger partial charge in [0.05, 0.1) is 18.4 Å². The Balaban J connectivity index is 1.62. The summed E-state index contributed by atoms with van der Waals surface area (Å²) in [5.41, 5.74) is 0.710. The van der Waals surface area contributed by atoms with E-state index in [0.29, 0.717) is 27.6 Å². The molecule has 118 valence electrons. The molecule has 0 fully saturated rings. The first-order valence-corrected chi connectivity index (χ1v) is 8.42. The number of carbonyl (C=O) groups is 1. The molecule has 0 spiro atoms. The summed E-state index contributed by atoms with van der Waals surface area (Å²) in [5, 5.41) is 13.3. The van der Waals surface area contributed by atoms with Gasteiger partial charge < -0.3 is 14.5 Å². The van der Waals surface area contributed by atoms with Gasteiger partial charge in [0.25, 0.3) is 11.1 Å². The zero-order chi connectivity index (χ0) is 16.1. The second kappa shape index (κ2) is 7.25. The maximum Gasteiger partial charge on any atom is 0.277 e. The number of para-hydroxylation sites is 1. The van der Waals surface area contributed by atoms with Crippen LogP contribution in [0.1, 0.15) is 0 Å². The third-order valence-corrected chi connectivity index (χ3v) is 4.26. The van der Waals surface area contributed by atoms with Crippen LogP contribution in [0.25, 0.3) is 11.5 Å². The van der Waals surface area contributed by atoms with Crippen molar-refractivity contribution in [2.45, 2.75) is 5.22 Å². The molecule has 0 aliphatic carbocycles. The van der Waals surface area contributed by atoms with Crippen molar-refractivity contribution in [3.05, 3.63) is 35.8 Å². The number of ether oxygens (including phenoxy) is 1. The minimum absolute atomic E-state index is 0.160. The minimum Gasteiger partial charge on any atom is -0.496 e. The maximum atomic E-state index is 11.8. The van der Waals surface area contributed by atoms with E-state index < -0.39 is 0 Å². The van der Waals surface area contributed by atoms with Crippen molar-refractivity contribution in [1.82, 2.24) is 15.2 Å². The molecule has 0 aliphatic heterocycles. The van der Waals surface area contributed by atoms with E-state index in [1.165, 1.54) is 11.3 Å². The molecule has 0 radical (unpaired) electrons. The summed E-state index contributed by atoms with van der Waals surface area (Å²) in [6, 6.07) is 7.36. The molecule has 23 heavy (non-hydrogen) atoms. The summed E-state index contributed by atoms with van der Waals surface area (Å²) in [7, 11) is 1.58. The van der Waals surface area contributed by atoms with Crippen LogP contribution < -0.4 is 10.1 Å². The Morgan fingerprint density at radius 3 is 3.04 bits per heavy atom. The molecule has 3 aromatic rings. The van der Waals surface area contributed by atoms with Crippen molar-refractivity contribution >= 4 is 34.1 Å². The number of methoxy groups -OCH3 is 1. The van der Waals surface area contributed by atoms with Crippen molar-refractivity contribution in [3.63, 3.8) is 0 Å². The van der Waals surface area contributed by atoms with Crippen LogP contribution in [-0.2, 0) is 4.79 Å². The number of thiazole rings is 1. The maximum absolute atomic E-state index is 11.8. The minimum atomic E-state index is -0.179. The Morgan fingerprint density at radius 2 is 2.26 bits per heavy atom. The normalized spacial score (nSPS) is 10.5. The summed E-state index contributed by atoms with van der Waals surface area (Å²) in [6.07, 6.45) is 1.63. The Bertz CT molecular complexity index is 789. The van der Waals surface area contributed by atoms with Gasteiger partial charge in [-0.15, -0.1) is 21.5 Å². The molecule has 9 heteroatoms. The fourth-order valence-electron chi connectivity index (χ4n) is 1.77. The van der Waals surface area contributed by atoms with E-state index in [0.717, 1.165) is 11.8 Å². The van der Waals surface area contributed by atoms with Gasteiger partial charge in [0.1, 0.15) is 5.75 Å². The van der Waals surface area contributed by atoms with Gasteiger partial charge in [-0.05, 0) is 12.1 Å². The lowest BCUT2D eigenvalue weighted by Gasteiger charge is -2.03. The molecule has 0 bridgehead atoms. The lowest BCUT2D eigenvalue weighted by atomic mass is 10.2. The van der Waals surface area contributed by atoms with Crippen molar-refractivity contribution in [1.29, 1.82) is 0 Å². The van der Waals surface area contributed by atoms with Crippen molar-refractivity contribution in [3.8, 4) is 17.2 Å². The average Bonchev–Trinajstić information content (AvgIpc) is 3.24. The van der Waals surface area contributed by atoms with Gasteiger partial charge in [-0.1, -0.05) is 23.9 Å². The summed E-state index contributed by atoms with van der Waals surface area (Å²) < 4.78 is 10.8. The van der Waals surface area contributed by atoms with Crippen molar-refractivity contribution in [2.24, 2.45) is 0 Å². The third-order valence-electron chi connectivity index (χ3n) is 2.75. The molecule has 0 saturated heterocycles. The summed E-state index contributed by atoms with van der Waals surface area (Å²) in [6.45, 7) is 0. The highest BCUT2D eigenvalue weighted by atomic mass is 32.2. The van der Waals surface area contributed by atoms with Gasteiger partial charge in [-0.2, -0.15) is 0 Å². The van der Waals surface area contributed by atoms with Crippen molar-refractivity contribution < 1.29 is 13.9 Å². The number of thioether (sulfide) groups is 1. The van der Waals surface area contributed by atoms with E-state index in [9.17, 15) is 4.79 Å². The Labute approximate surface area is 140 Å². The first-order valence-electron chi connectivity index (χ1n) is 6.55. The van der Waals surface area contributed by atoms with Gasteiger partial charge >= 0.3 is 0 Å². The molecule has 7 nitrogen and oxygen atoms in total. The largest absolute Gasteiger partial charge is 0.496 e. The number of hydrogen-bond donors (Lipinski definition) is 1. The quantitative estimate of drug-likeness (QED) is 0.685. The number of aromatic nitrogens is 3. The SMILES string of the molecule is COc1ccccc1-c1nnc(SCC(=O)Nc2nccs2)o1. The first-order chi connectivity index (χ1) is 11.3. The molecule has 2 aromatic heterocycles. The fraction of sp³-hybridized carbons (Fsp3) is 0.143. The zero-order valence-corrected chi connectivity index (χ0v) is 13.7. The van der Waals surface area contributed by atoms with Crippen LogP contribution >= 0.6 is 23.1 Å². The molecule has 0 aliphatic rings. The van der Waals surface area contributed by atoms with Crippen LogP contribution in [0.15, 0.2) is 45.5 Å². The number of carbonyl (C=O) groups excluding carboxylic acids is 1. The number of amides is 1. The molecule has 0 unspecified atom stereocenters. The topological polar surface area (TPSA) is 90.1 Å². The van der Waals surface area contributed by atoms with Gasteiger partial charge in [0, 0.05) is 11.6 Å². The fourth-order valence-corrected chi connectivity index (χ4v) is 2.87. The van der Waals surface area contributed by atoms with E-state index in [4.69, 9.17) is 9.15 Å². The Kier molecular flexibility index (Phi) is 4.89. The number of nitrogens with one attached hydrogen (secondary N) is 1. The highest BCUT2D eigenvalue weighted by Crippen LogP contribution is 2.30. The third kappa shape index (κ3) is 3.88. The standard InChI is InChI=1S/C14H12N4O3S2/c1-20-10-5-3-2-4-9(10)12-17-18-14(21-12)23-8-11(19)16-13-15-6-7-22-13/h2-7H,8H2,1H3,(H,15,16,19). The van der Waals surface area contributed by atoms with E-state index in [1.54, 1.807) is 18.7 Å². The summed E-state index contributed by atoms with van der Waals surface area (Å²) in [5.74, 6) is 0.981. The van der Waals surface area contributed by atoms with Crippen LogP contribution in [0.2, 0.25) is 0 Å². The monoisotopic (exact) mass is 348 g/mol. The molecule has 1 amide bonds. The molecule has 1 N–H and O–H groups in total. The number of benzene rings is 1. The summed E-state index contributed by atoms with van der Waals surface area (Å²) in [4.78, 5) is 15.8. The molecule has 0 saturated carbocycles. The van der Waals surface area contributed by atoms with Crippen LogP contribution in [0, 0.1) is 0 Å². The smallest absolute Gasteiger partial charge is 0.277 e. The van der Waals surface area contributed by atoms with Crippen LogP contribution in [-0.4, -0.2) is 34.0 Å². The first kappa shape index (κ1) is 15.5. The molecule has 2 heterocycles. The van der Waals surface area contributed by atoms with Crippen LogP contribution in [0.4, 0.5) is 5.13 Å². The van der Waals surface area contributed by atoms with Crippen LogP contribution in [0.3, 0.4) is 0 Å². The Hall–Kier alpha value is -2.39. The predicted molar refractivity (Wildman–Crippen MR) is 87.8 cm³/mol. The lowest BCUT2D eigenvalue weighted by molar-refractivity contribution is -0.113. The molecular weight excluding hydrogens is 336 g/mol. The molecular formula is C14H12N4O3S2. The molecule has 3 rings (SSSR count). The van der Waals surface area contributed by atoms with E-state index in [2.05, 4.69) is 20.5 Å². The predicted octanol–water partition coefficient (Wildman–Crippen LogP) is 2.93. The number of hydrogen-bond acceptors (Lipinski definition) is 8. The second-order valence-electron chi connectivity index (χ2n) is 4.25. The highest BCUT2D eigenvalue weighted by molar-refractivity contribution is 7.99. The van der Waals surface area contributed by atoms with Gasteiger partial charge in [0.15, 0.2) is 5.13 Å². The van der Waals surface area contributed by atoms with Crippen molar-refractivity contribution in [2.75, 3.05) is 18.2 Å². The summed E-state index contributed by atoms with van der Waals surface area (Å²) >= 11 is 2.52. The highest BCUT2D eigenvalue weighted by Gasteiger charge is 2.14.